The molecule has 1 N–H and O–H groups in total. The Hall–Kier alpha value is -3.96. The van der Waals surface area contributed by atoms with Gasteiger partial charge in [0.15, 0.2) is 0 Å². The predicted octanol–water partition coefficient (Wildman–Crippen LogP) is 4.17. The predicted molar refractivity (Wildman–Crippen MR) is 96.2 cm³/mol. The molecule has 5 heteroatoms. The van der Waals surface area contributed by atoms with Crippen LogP contribution in [0.4, 0.5) is 0 Å². The molecule has 3 rings (SSSR count). The van der Waals surface area contributed by atoms with E-state index in [-0.39, 0.29) is 5.56 Å². The van der Waals surface area contributed by atoms with E-state index in [1.807, 2.05) is 0 Å². The number of aromatic carboxylic acids is 1. The van der Waals surface area contributed by atoms with E-state index in [0.717, 1.165) is 0 Å². The van der Waals surface area contributed by atoms with Gasteiger partial charge < -0.3 is 5.11 Å². The van der Waals surface area contributed by atoms with Gasteiger partial charge in [0.05, 0.1) is 28.8 Å². The maximum atomic E-state index is 11.8. The molecule has 2 aromatic carbocycles. The SMILES string of the molecule is Cc1c(C(=O)O)cc(-c2ccccc2C#N)cc1-c1cnccc1C#N. The zero-order valence-corrected chi connectivity index (χ0v) is 13.9. The third-order valence-electron chi connectivity index (χ3n) is 4.23. The Balaban J connectivity index is 2.37. The molecule has 1 aromatic heterocycles. The first-order valence-corrected chi connectivity index (χ1v) is 7.78. The molecule has 0 amide bonds. The first-order valence-electron chi connectivity index (χ1n) is 7.78. The number of pyridine rings is 1. The Bertz CT molecular complexity index is 1100. The van der Waals surface area contributed by atoms with Gasteiger partial charge in [0.2, 0.25) is 0 Å². The monoisotopic (exact) mass is 339 g/mol. The Morgan fingerprint density at radius 3 is 2.38 bits per heavy atom. The van der Waals surface area contributed by atoms with Crippen molar-refractivity contribution in [3.8, 4) is 34.4 Å². The number of carboxylic acid groups (broad SMARTS) is 1. The lowest BCUT2D eigenvalue weighted by molar-refractivity contribution is 0.0696. The van der Waals surface area contributed by atoms with Crippen molar-refractivity contribution in [3.63, 3.8) is 0 Å². The quantitative estimate of drug-likeness (QED) is 0.772. The molecule has 0 spiro atoms. The van der Waals surface area contributed by atoms with Gasteiger partial charge in [-0.15, -0.1) is 0 Å². The minimum atomic E-state index is -1.07. The summed E-state index contributed by atoms with van der Waals surface area (Å²) in [4.78, 5) is 15.8. The number of nitrogens with zero attached hydrogens (tertiary/aromatic N) is 3. The van der Waals surface area contributed by atoms with Crippen molar-refractivity contribution < 1.29 is 9.90 Å². The van der Waals surface area contributed by atoms with E-state index in [1.165, 1.54) is 6.20 Å². The number of carbonyl (C=O) groups is 1. The van der Waals surface area contributed by atoms with E-state index in [0.29, 0.717) is 38.9 Å². The minimum Gasteiger partial charge on any atom is -0.478 e. The minimum absolute atomic E-state index is 0.123. The molecule has 0 unspecified atom stereocenters. The van der Waals surface area contributed by atoms with Crippen molar-refractivity contribution in [2.24, 2.45) is 0 Å². The summed E-state index contributed by atoms with van der Waals surface area (Å²) in [6.07, 6.45) is 3.07. The average molecular weight is 339 g/mol. The number of aromatic nitrogens is 1. The molecule has 0 saturated heterocycles. The molecule has 0 saturated carbocycles. The fraction of sp³-hybridized carbons (Fsp3) is 0.0476. The van der Waals surface area contributed by atoms with Crippen molar-refractivity contribution in [1.29, 1.82) is 10.5 Å². The van der Waals surface area contributed by atoms with Crippen LogP contribution in [0.25, 0.3) is 22.3 Å². The Morgan fingerprint density at radius 2 is 1.69 bits per heavy atom. The number of nitriles is 2. The molecule has 5 nitrogen and oxygen atoms in total. The van der Waals surface area contributed by atoms with E-state index in [1.54, 1.807) is 55.6 Å². The van der Waals surface area contributed by atoms with Crippen molar-refractivity contribution in [2.45, 2.75) is 6.92 Å². The molecule has 0 aliphatic rings. The van der Waals surface area contributed by atoms with Crippen molar-refractivity contribution >= 4 is 5.97 Å². The number of rotatable bonds is 3. The van der Waals surface area contributed by atoms with Crippen LogP contribution in [0.1, 0.15) is 27.0 Å². The lowest BCUT2D eigenvalue weighted by Gasteiger charge is -2.14. The molecular formula is C21H13N3O2. The molecule has 1 heterocycles. The number of carboxylic acids is 1. The summed E-state index contributed by atoms with van der Waals surface area (Å²) in [6, 6.07) is 16.2. The first kappa shape index (κ1) is 16.9. The van der Waals surface area contributed by atoms with Crippen LogP contribution in [0, 0.1) is 29.6 Å². The van der Waals surface area contributed by atoms with E-state index in [2.05, 4.69) is 17.1 Å². The lowest BCUT2D eigenvalue weighted by atomic mass is 9.89. The van der Waals surface area contributed by atoms with Gasteiger partial charge in [0.25, 0.3) is 0 Å². The second kappa shape index (κ2) is 6.88. The third-order valence-corrected chi connectivity index (χ3v) is 4.23. The van der Waals surface area contributed by atoms with Crippen LogP contribution in [0.15, 0.2) is 54.9 Å². The Morgan fingerprint density at radius 1 is 1.00 bits per heavy atom. The maximum Gasteiger partial charge on any atom is 0.335 e. The summed E-state index contributed by atoms with van der Waals surface area (Å²) in [5, 5.41) is 28.4. The van der Waals surface area contributed by atoms with E-state index >= 15 is 0 Å². The standard InChI is InChI=1S/C21H13N3O2/c1-13-18(20-12-24-7-6-15(20)11-23)8-16(9-19(13)21(25)26)17-5-3-2-4-14(17)10-22/h2-9,12H,1H3,(H,25,26). The molecule has 0 atom stereocenters. The van der Waals surface area contributed by atoms with Crippen LogP contribution in [0.5, 0.6) is 0 Å². The Labute approximate surface area is 150 Å². The van der Waals surface area contributed by atoms with Crippen LogP contribution < -0.4 is 0 Å². The topological polar surface area (TPSA) is 97.8 Å². The summed E-state index contributed by atoms with van der Waals surface area (Å²) in [5.74, 6) is -1.07. The molecule has 26 heavy (non-hydrogen) atoms. The molecule has 0 radical (unpaired) electrons. The van der Waals surface area contributed by atoms with Gasteiger partial charge in [-0.25, -0.2) is 4.79 Å². The van der Waals surface area contributed by atoms with Gasteiger partial charge >= 0.3 is 5.97 Å². The van der Waals surface area contributed by atoms with E-state index in [4.69, 9.17) is 0 Å². The number of hydrogen-bond acceptors (Lipinski definition) is 4. The molecular weight excluding hydrogens is 326 g/mol. The van der Waals surface area contributed by atoms with Crippen molar-refractivity contribution in [1.82, 2.24) is 4.98 Å². The average Bonchev–Trinajstić information content (AvgIpc) is 2.68. The zero-order chi connectivity index (χ0) is 18.7. The van der Waals surface area contributed by atoms with Gasteiger partial charge in [0.1, 0.15) is 0 Å². The summed E-state index contributed by atoms with van der Waals surface area (Å²) in [6.45, 7) is 1.70. The zero-order valence-electron chi connectivity index (χ0n) is 13.9. The highest BCUT2D eigenvalue weighted by Crippen LogP contribution is 2.34. The van der Waals surface area contributed by atoms with Crippen LogP contribution in [0.2, 0.25) is 0 Å². The summed E-state index contributed by atoms with van der Waals surface area (Å²) in [5.41, 5.74) is 3.94. The normalized spacial score (nSPS) is 9.96. The third kappa shape index (κ3) is 2.90. The van der Waals surface area contributed by atoms with Crippen LogP contribution in [0.3, 0.4) is 0 Å². The van der Waals surface area contributed by atoms with Gasteiger partial charge in [-0.3, -0.25) is 4.98 Å². The van der Waals surface area contributed by atoms with E-state index in [9.17, 15) is 20.4 Å². The fourth-order valence-electron chi connectivity index (χ4n) is 2.91. The van der Waals surface area contributed by atoms with Gasteiger partial charge in [-0.2, -0.15) is 10.5 Å². The summed E-state index contributed by atoms with van der Waals surface area (Å²) in [7, 11) is 0. The van der Waals surface area contributed by atoms with Crippen LogP contribution in [-0.2, 0) is 0 Å². The second-order valence-corrected chi connectivity index (χ2v) is 5.69. The van der Waals surface area contributed by atoms with E-state index < -0.39 is 5.97 Å². The Kier molecular flexibility index (Phi) is 4.47. The molecule has 3 aromatic rings. The largest absolute Gasteiger partial charge is 0.478 e. The molecule has 124 valence electrons. The first-order chi connectivity index (χ1) is 12.6. The second-order valence-electron chi connectivity index (χ2n) is 5.69. The summed E-state index contributed by atoms with van der Waals surface area (Å²) < 4.78 is 0. The molecule has 0 aliphatic heterocycles. The summed E-state index contributed by atoms with van der Waals surface area (Å²) >= 11 is 0. The van der Waals surface area contributed by atoms with Gasteiger partial charge in [-0.05, 0) is 53.4 Å². The van der Waals surface area contributed by atoms with Crippen molar-refractivity contribution in [2.75, 3.05) is 0 Å². The highest BCUT2D eigenvalue weighted by Gasteiger charge is 2.18. The van der Waals surface area contributed by atoms with Crippen molar-refractivity contribution in [3.05, 3.63) is 77.1 Å². The molecule has 0 aliphatic carbocycles. The molecule has 0 bridgehead atoms. The van der Waals surface area contributed by atoms with Crippen LogP contribution in [-0.4, -0.2) is 16.1 Å². The number of hydrogen-bond donors (Lipinski definition) is 1. The highest BCUT2D eigenvalue weighted by atomic mass is 16.4. The maximum absolute atomic E-state index is 11.8. The smallest absolute Gasteiger partial charge is 0.335 e. The van der Waals surface area contributed by atoms with Gasteiger partial charge in [0, 0.05) is 18.0 Å². The highest BCUT2D eigenvalue weighted by molar-refractivity contribution is 5.95. The fourth-order valence-corrected chi connectivity index (χ4v) is 2.91. The lowest BCUT2D eigenvalue weighted by Crippen LogP contribution is -2.03. The number of benzene rings is 2. The van der Waals surface area contributed by atoms with Crippen LogP contribution >= 0.6 is 0 Å². The van der Waals surface area contributed by atoms with Gasteiger partial charge in [-0.1, -0.05) is 18.2 Å². The molecule has 0 fully saturated rings.